The van der Waals surface area contributed by atoms with Gasteiger partial charge in [-0.1, -0.05) is 0 Å². The molecule has 2 heterocycles. The molecule has 0 aliphatic carbocycles. The molecule has 0 aliphatic heterocycles. The van der Waals surface area contributed by atoms with Crippen molar-refractivity contribution in [2.45, 2.75) is 0 Å². The van der Waals surface area contributed by atoms with E-state index in [1.807, 2.05) is 0 Å². The second-order valence-electron chi connectivity index (χ2n) is 1.54. The fraction of sp³-hybridized carbons (Fsp3) is 0. The first kappa shape index (κ1) is 4.43. The molecule has 0 aromatic carbocycles. The van der Waals surface area contributed by atoms with E-state index < -0.39 is 0 Å². The minimum atomic E-state index is 0.616. The van der Waals surface area contributed by atoms with Gasteiger partial charge in [0.2, 0.25) is 0 Å². The Hall–Kier alpha value is -1.45. The molecule has 2 aromatic rings. The predicted molar refractivity (Wildman–Crippen MR) is 28.4 cm³/mol. The summed E-state index contributed by atoms with van der Waals surface area (Å²) in [5, 5.41) is 7.17. The molecule has 2 rings (SSSR count). The highest BCUT2D eigenvalue weighted by molar-refractivity contribution is 5.68. The monoisotopic (exact) mass is 120 g/mol. The van der Waals surface area contributed by atoms with Gasteiger partial charge in [-0.05, 0) is 0 Å². The highest BCUT2D eigenvalue weighted by atomic mass is 16.3. The van der Waals surface area contributed by atoms with Crippen LogP contribution in [0.3, 0.4) is 0 Å². The Morgan fingerprint density at radius 2 is 2.22 bits per heavy atom. The van der Waals surface area contributed by atoms with Gasteiger partial charge in [-0.3, -0.25) is 0 Å². The number of fused-ring (bicyclic) bond motifs is 1. The minimum Gasteiger partial charge on any atom is -0.431 e. The van der Waals surface area contributed by atoms with E-state index in [0.717, 1.165) is 0 Å². The second kappa shape index (κ2) is 1.51. The van der Waals surface area contributed by atoms with E-state index in [9.17, 15) is 0 Å². The summed E-state index contributed by atoms with van der Waals surface area (Å²) < 4.78 is 4.78. The molecule has 0 amide bonds. The van der Waals surface area contributed by atoms with E-state index >= 15 is 0 Å². The maximum Gasteiger partial charge on any atom is 0.284 e. The van der Waals surface area contributed by atoms with E-state index in [2.05, 4.69) is 21.6 Å². The zero-order valence-corrected chi connectivity index (χ0v) is 4.40. The van der Waals surface area contributed by atoms with Crippen LogP contribution in [-0.2, 0) is 0 Å². The zero-order chi connectivity index (χ0) is 6.10. The average Bonchev–Trinajstić information content (AvgIpc) is 2.33. The van der Waals surface area contributed by atoms with E-state index in [-0.39, 0.29) is 0 Å². The smallest absolute Gasteiger partial charge is 0.284 e. The lowest BCUT2D eigenvalue weighted by atomic mass is 10.5. The van der Waals surface area contributed by atoms with Gasteiger partial charge in [0.1, 0.15) is 5.52 Å². The van der Waals surface area contributed by atoms with Crippen LogP contribution in [0.25, 0.3) is 11.1 Å². The summed E-state index contributed by atoms with van der Waals surface area (Å²) in [6, 6.07) is 0. The van der Waals surface area contributed by atoms with Gasteiger partial charge < -0.3 is 4.42 Å². The highest BCUT2D eigenvalue weighted by Gasteiger charge is 1.94. The van der Waals surface area contributed by atoms with Crippen LogP contribution in [0.1, 0.15) is 0 Å². The molecule has 0 unspecified atom stereocenters. The van der Waals surface area contributed by atoms with E-state index in [1.165, 1.54) is 12.4 Å². The maximum absolute atomic E-state index is 4.78. The summed E-state index contributed by atoms with van der Waals surface area (Å²) in [5.41, 5.74) is 1.30. The first-order valence-electron chi connectivity index (χ1n) is 2.40. The molecule has 0 fully saturated rings. The van der Waals surface area contributed by atoms with E-state index in [0.29, 0.717) is 11.1 Å². The fourth-order valence-electron chi connectivity index (χ4n) is 0.587. The average molecular weight is 120 g/mol. The van der Waals surface area contributed by atoms with Crippen LogP contribution in [0.15, 0.2) is 16.8 Å². The SMILES string of the molecule is [c]1nc2cnncc2o1. The number of oxazole rings is 1. The van der Waals surface area contributed by atoms with Crippen molar-refractivity contribution in [3.8, 4) is 0 Å². The van der Waals surface area contributed by atoms with Crippen molar-refractivity contribution in [2.24, 2.45) is 0 Å². The molecule has 0 bridgehead atoms. The normalized spacial score (nSPS) is 10.2. The van der Waals surface area contributed by atoms with Crippen molar-refractivity contribution in [3.63, 3.8) is 0 Å². The molecule has 4 nitrogen and oxygen atoms in total. The predicted octanol–water partition coefficient (Wildman–Crippen LogP) is 0.418. The Kier molecular flexibility index (Phi) is 0.745. The number of aromatic nitrogens is 3. The van der Waals surface area contributed by atoms with Crippen LogP contribution in [0.4, 0.5) is 0 Å². The molecule has 0 N–H and O–H groups in total. The van der Waals surface area contributed by atoms with E-state index in [1.54, 1.807) is 0 Å². The molecular weight excluding hydrogens is 118 g/mol. The summed E-state index contributed by atoms with van der Waals surface area (Å²) in [6.45, 7) is 0. The Labute approximate surface area is 50.5 Å². The molecule has 4 heteroatoms. The third-order valence-electron chi connectivity index (χ3n) is 0.996. The quantitative estimate of drug-likeness (QED) is 0.505. The highest BCUT2D eigenvalue weighted by Crippen LogP contribution is 2.05. The topological polar surface area (TPSA) is 51.8 Å². The number of hydrogen-bond donors (Lipinski definition) is 0. The lowest BCUT2D eigenvalue weighted by Gasteiger charge is -1.77. The lowest BCUT2D eigenvalue weighted by Crippen LogP contribution is -1.75. The second-order valence-corrected chi connectivity index (χ2v) is 1.54. The van der Waals surface area contributed by atoms with Gasteiger partial charge in [0.15, 0.2) is 5.58 Å². The van der Waals surface area contributed by atoms with Crippen LogP contribution in [0.5, 0.6) is 0 Å². The molecule has 0 saturated heterocycles. The standard InChI is InChI=1S/C5H2N3O/c1-4-5(2-8-7-1)9-3-6-4/h1-2H. The summed E-state index contributed by atoms with van der Waals surface area (Å²) >= 11 is 0. The summed E-state index contributed by atoms with van der Waals surface area (Å²) in [7, 11) is 0. The first-order valence-corrected chi connectivity index (χ1v) is 2.40. The van der Waals surface area contributed by atoms with Crippen molar-refractivity contribution in [3.05, 3.63) is 18.8 Å². The van der Waals surface area contributed by atoms with Crippen LogP contribution >= 0.6 is 0 Å². The molecule has 2 aromatic heterocycles. The van der Waals surface area contributed by atoms with E-state index in [4.69, 9.17) is 4.42 Å². The number of nitrogens with zero attached hydrogens (tertiary/aromatic N) is 3. The van der Waals surface area contributed by atoms with Crippen LogP contribution in [-0.4, -0.2) is 15.2 Å². The van der Waals surface area contributed by atoms with Gasteiger partial charge in [0, 0.05) is 0 Å². The first-order chi connectivity index (χ1) is 4.47. The van der Waals surface area contributed by atoms with Gasteiger partial charge in [-0.25, -0.2) is 4.98 Å². The molecule has 0 spiro atoms. The van der Waals surface area contributed by atoms with Crippen LogP contribution < -0.4 is 0 Å². The van der Waals surface area contributed by atoms with Gasteiger partial charge in [0.05, 0.1) is 12.4 Å². The molecule has 9 heavy (non-hydrogen) atoms. The molecule has 0 atom stereocenters. The summed E-state index contributed by atoms with van der Waals surface area (Å²) in [6.07, 6.45) is 5.35. The van der Waals surface area contributed by atoms with Crippen molar-refractivity contribution < 1.29 is 4.42 Å². The number of rotatable bonds is 0. The lowest BCUT2D eigenvalue weighted by molar-refractivity contribution is 0.589. The summed E-state index contributed by atoms with van der Waals surface area (Å²) in [5.74, 6) is 0. The zero-order valence-electron chi connectivity index (χ0n) is 4.40. The van der Waals surface area contributed by atoms with Crippen molar-refractivity contribution >= 4 is 11.1 Å². The molecular formula is C5H2N3O. The largest absolute Gasteiger partial charge is 0.431 e. The summed E-state index contributed by atoms with van der Waals surface area (Å²) in [4.78, 5) is 3.72. The molecule has 0 saturated carbocycles. The third kappa shape index (κ3) is 0.561. The van der Waals surface area contributed by atoms with Crippen LogP contribution in [0.2, 0.25) is 0 Å². The third-order valence-corrected chi connectivity index (χ3v) is 0.996. The molecule has 43 valence electrons. The Morgan fingerprint density at radius 1 is 1.33 bits per heavy atom. The minimum absolute atomic E-state index is 0.616. The maximum atomic E-state index is 4.78. The Balaban J connectivity index is 2.95. The Morgan fingerprint density at radius 3 is 3.11 bits per heavy atom. The number of hydrogen-bond acceptors (Lipinski definition) is 4. The van der Waals surface area contributed by atoms with Crippen LogP contribution in [0, 0.1) is 6.39 Å². The van der Waals surface area contributed by atoms with Gasteiger partial charge in [-0.2, -0.15) is 10.2 Å². The Bertz CT molecular complexity index is 286. The van der Waals surface area contributed by atoms with Gasteiger partial charge in [-0.15, -0.1) is 0 Å². The van der Waals surface area contributed by atoms with Gasteiger partial charge in [0.25, 0.3) is 6.39 Å². The van der Waals surface area contributed by atoms with Crippen molar-refractivity contribution in [1.82, 2.24) is 15.2 Å². The van der Waals surface area contributed by atoms with Crippen molar-refractivity contribution in [1.29, 1.82) is 0 Å². The van der Waals surface area contributed by atoms with Gasteiger partial charge >= 0.3 is 0 Å². The fourth-order valence-corrected chi connectivity index (χ4v) is 0.587. The molecule has 0 aliphatic rings. The van der Waals surface area contributed by atoms with Crippen molar-refractivity contribution in [2.75, 3.05) is 0 Å². The molecule has 1 radical (unpaired) electrons.